The lowest BCUT2D eigenvalue weighted by atomic mass is 9.82. The van der Waals surface area contributed by atoms with E-state index in [0.29, 0.717) is 38.2 Å². The molecule has 0 bridgehead atoms. The topological polar surface area (TPSA) is 18.5 Å². The summed E-state index contributed by atoms with van der Waals surface area (Å²) in [7, 11) is 0. The number of hydrogen-bond acceptors (Lipinski definition) is 2. The smallest absolute Gasteiger partial charge is 0.358 e. The molecule has 2 fully saturated rings. The molecule has 0 heterocycles. The van der Waals surface area contributed by atoms with Crippen LogP contribution in [0, 0.1) is 11.8 Å². The van der Waals surface area contributed by atoms with Crippen LogP contribution in [0.1, 0.15) is 65.2 Å². The first-order valence-electron chi connectivity index (χ1n) is 8.18. The van der Waals surface area contributed by atoms with Crippen LogP contribution in [-0.2, 0) is 9.47 Å². The molecule has 0 atom stereocenters. The van der Waals surface area contributed by atoms with Gasteiger partial charge in [0, 0.05) is 6.61 Å². The fourth-order valence-electron chi connectivity index (χ4n) is 3.47. The van der Waals surface area contributed by atoms with Crippen molar-refractivity contribution >= 4 is 0 Å². The summed E-state index contributed by atoms with van der Waals surface area (Å²) in [6, 6.07) is 0. The average molecular weight is 290 g/mol. The summed E-state index contributed by atoms with van der Waals surface area (Å²) >= 11 is 0. The van der Waals surface area contributed by atoms with Gasteiger partial charge < -0.3 is 9.47 Å². The van der Waals surface area contributed by atoms with Crippen molar-refractivity contribution in [2.24, 2.45) is 11.8 Å². The quantitative estimate of drug-likeness (QED) is 0.726. The molecule has 0 radical (unpaired) electrons. The van der Waals surface area contributed by atoms with Crippen LogP contribution in [0.3, 0.4) is 0 Å². The molecule has 0 unspecified atom stereocenters. The normalized spacial score (nSPS) is 36.0. The third kappa shape index (κ3) is 4.39. The summed E-state index contributed by atoms with van der Waals surface area (Å²) in [5.41, 5.74) is 0. The highest BCUT2D eigenvalue weighted by atomic mass is 19.3. The highest BCUT2D eigenvalue weighted by Gasteiger charge is 2.44. The van der Waals surface area contributed by atoms with Crippen molar-refractivity contribution < 1.29 is 18.3 Å². The van der Waals surface area contributed by atoms with Crippen molar-refractivity contribution in [1.82, 2.24) is 0 Å². The molecule has 0 spiro atoms. The number of rotatable bonds is 5. The van der Waals surface area contributed by atoms with Crippen LogP contribution < -0.4 is 0 Å². The number of hydrogen-bond donors (Lipinski definition) is 0. The molecule has 2 rings (SSSR count). The highest BCUT2D eigenvalue weighted by Crippen LogP contribution is 2.41. The van der Waals surface area contributed by atoms with Gasteiger partial charge in [-0.05, 0) is 51.4 Å². The molecule has 118 valence electrons. The van der Waals surface area contributed by atoms with Gasteiger partial charge in [-0.15, -0.1) is 0 Å². The Labute approximate surface area is 121 Å². The zero-order valence-electron chi connectivity index (χ0n) is 12.7. The summed E-state index contributed by atoms with van der Waals surface area (Å²) in [6.45, 7) is 4.82. The van der Waals surface area contributed by atoms with Crippen molar-refractivity contribution in [3.8, 4) is 0 Å². The first-order valence-corrected chi connectivity index (χ1v) is 8.18. The largest absolute Gasteiger partial charge is 0.379 e. The minimum Gasteiger partial charge on any atom is -0.379 e. The Balaban J connectivity index is 1.77. The molecule has 2 aliphatic rings. The molecule has 0 amide bonds. The monoisotopic (exact) mass is 290 g/mol. The van der Waals surface area contributed by atoms with Crippen LogP contribution in [0.15, 0.2) is 0 Å². The van der Waals surface area contributed by atoms with Crippen LogP contribution in [0.25, 0.3) is 0 Å². The van der Waals surface area contributed by atoms with Gasteiger partial charge in [0.15, 0.2) is 0 Å². The van der Waals surface area contributed by atoms with Gasteiger partial charge in [0.25, 0.3) is 0 Å². The summed E-state index contributed by atoms with van der Waals surface area (Å²) in [4.78, 5) is 0. The maximum Gasteiger partial charge on any atom is 0.358 e. The molecular weight excluding hydrogens is 262 g/mol. The Kier molecular flexibility index (Phi) is 5.79. The second-order valence-corrected chi connectivity index (χ2v) is 6.49. The van der Waals surface area contributed by atoms with Crippen molar-refractivity contribution in [1.29, 1.82) is 0 Å². The molecule has 2 aliphatic carbocycles. The van der Waals surface area contributed by atoms with Crippen LogP contribution in [0.2, 0.25) is 0 Å². The fourth-order valence-corrected chi connectivity index (χ4v) is 3.47. The molecule has 0 aromatic heterocycles. The number of halogens is 2. The van der Waals surface area contributed by atoms with Gasteiger partial charge in [-0.3, -0.25) is 0 Å². The number of alkyl halides is 2. The van der Waals surface area contributed by atoms with Crippen molar-refractivity contribution in [3.05, 3.63) is 0 Å². The first-order chi connectivity index (χ1) is 9.51. The Morgan fingerprint density at radius 1 is 0.900 bits per heavy atom. The summed E-state index contributed by atoms with van der Waals surface area (Å²) in [5.74, 6) is 0.00648. The lowest BCUT2D eigenvalue weighted by molar-refractivity contribution is -0.302. The SMILES string of the molecule is CCOC1CCC(OC(F)(F)C2CCC(C)CC2)CC1. The van der Waals surface area contributed by atoms with Gasteiger partial charge in [-0.25, -0.2) is 0 Å². The van der Waals surface area contributed by atoms with Crippen LogP contribution in [0.4, 0.5) is 8.78 Å². The molecule has 0 N–H and O–H groups in total. The van der Waals surface area contributed by atoms with E-state index in [1.165, 1.54) is 0 Å². The van der Waals surface area contributed by atoms with E-state index in [9.17, 15) is 8.78 Å². The van der Waals surface area contributed by atoms with Gasteiger partial charge in [0.05, 0.1) is 18.1 Å². The van der Waals surface area contributed by atoms with E-state index >= 15 is 0 Å². The summed E-state index contributed by atoms with van der Waals surface area (Å²) < 4.78 is 39.2. The van der Waals surface area contributed by atoms with Crippen LogP contribution in [-0.4, -0.2) is 24.9 Å². The molecule has 2 saturated carbocycles. The average Bonchev–Trinajstić information content (AvgIpc) is 2.41. The van der Waals surface area contributed by atoms with Crippen molar-refractivity contribution in [2.75, 3.05) is 6.61 Å². The zero-order chi connectivity index (χ0) is 14.6. The zero-order valence-corrected chi connectivity index (χ0v) is 12.7. The van der Waals surface area contributed by atoms with Gasteiger partial charge in [-0.2, -0.15) is 8.78 Å². The molecule has 4 heteroatoms. The van der Waals surface area contributed by atoms with Crippen molar-refractivity contribution in [2.45, 2.75) is 83.5 Å². The summed E-state index contributed by atoms with van der Waals surface area (Å²) in [6.07, 6.45) is 3.10. The maximum atomic E-state index is 14.2. The number of ether oxygens (including phenoxy) is 2. The first kappa shape index (κ1) is 16.2. The predicted molar refractivity (Wildman–Crippen MR) is 74.8 cm³/mol. The molecule has 0 aromatic rings. The van der Waals surface area contributed by atoms with E-state index in [-0.39, 0.29) is 12.2 Å². The molecule has 2 nitrogen and oxygen atoms in total. The second-order valence-electron chi connectivity index (χ2n) is 6.49. The Hall–Kier alpha value is -0.220. The Bertz CT molecular complexity index is 280. The molecular formula is C16H28F2O2. The van der Waals surface area contributed by atoms with Crippen LogP contribution in [0.5, 0.6) is 0 Å². The minimum absolute atomic E-state index is 0.240. The third-order valence-corrected chi connectivity index (χ3v) is 4.84. The summed E-state index contributed by atoms with van der Waals surface area (Å²) in [5, 5.41) is 0. The van der Waals surface area contributed by atoms with E-state index in [4.69, 9.17) is 9.47 Å². The lowest BCUT2D eigenvalue weighted by Gasteiger charge is -2.36. The lowest BCUT2D eigenvalue weighted by Crippen LogP contribution is -2.39. The standard InChI is InChI=1S/C16H28F2O2/c1-3-19-14-8-10-15(11-9-14)20-16(17,18)13-6-4-12(2)5-7-13/h12-15H,3-11H2,1-2H3. The van der Waals surface area contributed by atoms with Gasteiger partial charge in [0.1, 0.15) is 0 Å². The minimum atomic E-state index is -2.94. The van der Waals surface area contributed by atoms with Gasteiger partial charge in [0.2, 0.25) is 0 Å². The van der Waals surface area contributed by atoms with E-state index < -0.39 is 12.0 Å². The van der Waals surface area contributed by atoms with Crippen LogP contribution >= 0.6 is 0 Å². The van der Waals surface area contributed by atoms with Gasteiger partial charge in [-0.1, -0.05) is 19.8 Å². The van der Waals surface area contributed by atoms with E-state index in [2.05, 4.69) is 6.92 Å². The van der Waals surface area contributed by atoms with E-state index in [1.54, 1.807) is 0 Å². The maximum absolute atomic E-state index is 14.2. The molecule has 0 saturated heterocycles. The van der Waals surface area contributed by atoms with E-state index in [0.717, 1.165) is 25.7 Å². The van der Waals surface area contributed by atoms with Gasteiger partial charge >= 0.3 is 6.11 Å². The third-order valence-electron chi connectivity index (χ3n) is 4.84. The second kappa shape index (κ2) is 7.17. The molecule has 0 aromatic carbocycles. The molecule has 20 heavy (non-hydrogen) atoms. The van der Waals surface area contributed by atoms with E-state index in [1.807, 2.05) is 6.92 Å². The highest BCUT2D eigenvalue weighted by molar-refractivity contribution is 4.79. The Morgan fingerprint density at radius 3 is 2.00 bits per heavy atom. The Morgan fingerprint density at radius 2 is 1.45 bits per heavy atom. The fraction of sp³-hybridized carbons (Fsp3) is 1.00. The van der Waals surface area contributed by atoms with Crippen molar-refractivity contribution in [3.63, 3.8) is 0 Å². The predicted octanol–water partition coefficient (Wildman–Crippen LogP) is 4.77. The molecule has 0 aliphatic heterocycles.